The van der Waals surface area contributed by atoms with Crippen LogP contribution in [0.5, 0.6) is 11.5 Å². The highest BCUT2D eigenvalue weighted by Crippen LogP contribution is 2.27. The van der Waals surface area contributed by atoms with Crippen LogP contribution in [0.15, 0.2) is 18.2 Å². The van der Waals surface area contributed by atoms with Crippen molar-refractivity contribution in [2.24, 2.45) is 0 Å². The molecule has 0 aliphatic rings. The number of amides is 1. The molecule has 0 atom stereocenters. The Morgan fingerprint density at radius 1 is 1.38 bits per heavy atom. The van der Waals surface area contributed by atoms with Gasteiger partial charge in [0.15, 0.2) is 11.5 Å². The molecule has 0 saturated carbocycles. The molecule has 0 aliphatic heterocycles. The van der Waals surface area contributed by atoms with E-state index in [1.807, 2.05) is 12.0 Å². The Kier molecular flexibility index (Phi) is 4.22. The molecule has 1 rings (SSSR count). The fourth-order valence-electron chi connectivity index (χ4n) is 1.22. The third-order valence-electron chi connectivity index (χ3n) is 2.03. The maximum Gasteiger partial charge on any atom is 0.295 e. The lowest BCUT2D eigenvalue weighted by atomic mass is 10.2. The zero-order valence-electron chi connectivity index (χ0n) is 9.24. The molecule has 4 nitrogen and oxygen atoms in total. The van der Waals surface area contributed by atoms with Gasteiger partial charge in [0, 0.05) is 6.54 Å². The summed E-state index contributed by atoms with van der Waals surface area (Å²) in [5.41, 5.74) is 0.890. The van der Waals surface area contributed by atoms with Crippen molar-refractivity contribution in [2.75, 3.05) is 14.2 Å². The van der Waals surface area contributed by atoms with E-state index in [4.69, 9.17) is 15.9 Å². The van der Waals surface area contributed by atoms with Gasteiger partial charge in [-0.3, -0.25) is 4.79 Å². The van der Waals surface area contributed by atoms with Crippen LogP contribution in [0.1, 0.15) is 5.56 Å². The number of nitrogens with one attached hydrogen (secondary N) is 1. The van der Waals surface area contributed by atoms with Crippen LogP contribution in [0, 0.1) is 12.3 Å². The van der Waals surface area contributed by atoms with Crippen molar-refractivity contribution >= 4 is 5.91 Å². The van der Waals surface area contributed by atoms with E-state index in [1.165, 1.54) is 0 Å². The van der Waals surface area contributed by atoms with E-state index in [0.717, 1.165) is 5.56 Å². The molecule has 0 spiro atoms. The molecular formula is C12H13NO3. The van der Waals surface area contributed by atoms with Crippen LogP contribution >= 0.6 is 0 Å². The number of hydrogen-bond acceptors (Lipinski definition) is 3. The highest BCUT2D eigenvalue weighted by molar-refractivity contribution is 5.92. The normalized spacial score (nSPS) is 9.06. The molecule has 0 radical (unpaired) electrons. The summed E-state index contributed by atoms with van der Waals surface area (Å²) < 4.78 is 10.2. The summed E-state index contributed by atoms with van der Waals surface area (Å²) in [6.45, 7) is 0.364. The molecule has 0 bridgehead atoms. The molecule has 1 aromatic carbocycles. The van der Waals surface area contributed by atoms with Crippen LogP contribution in [0.4, 0.5) is 0 Å². The summed E-state index contributed by atoms with van der Waals surface area (Å²) in [6, 6.07) is 5.39. The van der Waals surface area contributed by atoms with Gasteiger partial charge in [-0.05, 0) is 23.6 Å². The van der Waals surface area contributed by atoms with E-state index in [9.17, 15) is 4.79 Å². The largest absolute Gasteiger partial charge is 0.493 e. The lowest BCUT2D eigenvalue weighted by Crippen LogP contribution is -2.20. The summed E-state index contributed by atoms with van der Waals surface area (Å²) in [5.74, 6) is 2.81. The molecular weight excluding hydrogens is 206 g/mol. The number of ether oxygens (including phenoxy) is 2. The van der Waals surface area contributed by atoms with Crippen molar-refractivity contribution < 1.29 is 14.3 Å². The SMILES string of the molecule is C#CC(=O)NCc1ccc(OC)c(OC)c1. The number of methoxy groups -OCH3 is 2. The minimum absolute atomic E-state index is 0.364. The number of carbonyl (C=O) groups excluding carboxylic acids is 1. The molecule has 84 valence electrons. The first kappa shape index (κ1) is 11.9. The number of carbonyl (C=O) groups is 1. The molecule has 0 heterocycles. The monoisotopic (exact) mass is 219 g/mol. The van der Waals surface area contributed by atoms with Crippen molar-refractivity contribution in [1.29, 1.82) is 0 Å². The zero-order valence-corrected chi connectivity index (χ0v) is 9.24. The fourth-order valence-corrected chi connectivity index (χ4v) is 1.22. The van der Waals surface area contributed by atoms with Gasteiger partial charge in [0.2, 0.25) is 0 Å². The van der Waals surface area contributed by atoms with Crippen molar-refractivity contribution in [3.8, 4) is 23.8 Å². The fraction of sp³-hybridized carbons (Fsp3) is 0.250. The zero-order chi connectivity index (χ0) is 12.0. The second kappa shape index (κ2) is 5.66. The minimum atomic E-state index is -0.435. The van der Waals surface area contributed by atoms with Gasteiger partial charge in [0.25, 0.3) is 5.91 Å². The summed E-state index contributed by atoms with van der Waals surface area (Å²) in [7, 11) is 3.12. The summed E-state index contributed by atoms with van der Waals surface area (Å²) >= 11 is 0. The molecule has 0 aromatic heterocycles. The first-order chi connectivity index (χ1) is 7.71. The molecule has 0 saturated heterocycles. The topological polar surface area (TPSA) is 47.6 Å². The van der Waals surface area contributed by atoms with Gasteiger partial charge in [0.1, 0.15) is 0 Å². The molecule has 1 amide bonds. The highest BCUT2D eigenvalue weighted by atomic mass is 16.5. The van der Waals surface area contributed by atoms with Crippen LogP contribution < -0.4 is 14.8 Å². The number of hydrogen-bond donors (Lipinski definition) is 1. The van der Waals surface area contributed by atoms with Crippen molar-refractivity contribution in [1.82, 2.24) is 5.32 Å². The Morgan fingerprint density at radius 3 is 2.62 bits per heavy atom. The van der Waals surface area contributed by atoms with Gasteiger partial charge in [-0.15, -0.1) is 6.42 Å². The van der Waals surface area contributed by atoms with Gasteiger partial charge in [-0.25, -0.2) is 0 Å². The lowest BCUT2D eigenvalue weighted by Gasteiger charge is -2.09. The Hall–Kier alpha value is -2.15. The van der Waals surface area contributed by atoms with Crippen molar-refractivity contribution in [3.05, 3.63) is 23.8 Å². The molecule has 1 aromatic rings. The number of benzene rings is 1. The van der Waals surface area contributed by atoms with Gasteiger partial charge in [0.05, 0.1) is 14.2 Å². The standard InChI is InChI=1S/C12H13NO3/c1-4-12(14)13-8-9-5-6-10(15-2)11(7-9)16-3/h1,5-7H,8H2,2-3H3,(H,13,14). The van der Waals surface area contributed by atoms with Gasteiger partial charge in [-0.2, -0.15) is 0 Å². The van der Waals surface area contributed by atoms with Crippen LogP contribution in [0.2, 0.25) is 0 Å². The summed E-state index contributed by atoms with van der Waals surface area (Å²) in [5, 5.41) is 2.57. The van der Waals surface area contributed by atoms with Crippen LogP contribution in [-0.2, 0) is 11.3 Å². The van der Waals surface area contributed by atoms with Gasteiger partial charge < -0.3 is 14.8 Å². The Morgan fingerprint density at radius 2 is 2.06 bits per heavy atom. The highest BCUT2D eigenvalue weighted by Gasteiger charge is 2.04. The van der Waals surface area contributed by atoms with E-state index in [0.29, 0.717) is 18.0 Å². The van der Waals surface area contributed by atoms with E-state index >= 15 is 0 Å². The Labute approximate surface area is 94.6 Å². The average molecular weight is 219 g/mol. The minimum Gasteiger partial charge on any atom is -0.493 e. The van der Waals surface area contributed by atoms with Crippen LogP contribution in [0.3, 0.4) is 0 Å². The van der Waals surface area contributed by atoms with E-state index in [-0.39, 0.29) is 0 Å². The third kappa shape index (κ3) is 2.92. The second-order valence-electron chi connectivity index (χ2n) is 3.02. The van der Waals surface area contributed by atoms with Crippen molar-refractivity contribution in [3.63, 3.8) is 0 Å². The van der Waals surface area contributed by atoms with Gasteiger partial charge in [-0.1, -0.05) is 6.07 Å². The lowest BCUT2D eigenvalue weighted by molar-refractivity contribution is -0.115. The summed E-state index contributed by atoms with van der Waals surface area (Å²) in [4.78, 5) is 10.9. The molecule has 0 aliphatic carbocycles. The maximum absolute atomic E-state index is 10.9. The quantitative estimate of drug-likeness (QED) is 0.767. The van der Waals surface area contributed by atoms with Gasteiger partial charge >= 0.3 is 0 Å². The molecule has 16 heavy (non-hydrogen) atoms. The van der Waals surface area contributed by atoms with Crippen molar-refractivity contribution in [2.45, 2.75) is 6.54 Å². The Balaban J connectivity index is 2.76. The second-order valence-corrected chi connectivity index (χ2v) is 3.02. The smallest absolute Gasteiger partial charge is 0.295 e. The predicted molar refractivity (Wildman–Crippen MR) is 60.2 cm³/mol. The molecule has 4 heteroatoms. The first-order valence-corrected chi connectivity index (χ1v) is 4.66. The van der Waals surface area contributed by atoms with E-state index in [1.54, 1.807) is 26.4 Å². The molecule has 1 N–H and O–H groups in total. The third-order valence-corrected chi connectivity index (χ3v) is 2.03. The number of rotatable bonds is 4. The van der Waals surface area contributed by atoms with Crippen LogP contribution in [0.25, 0.3) is 0 Å². The number of terminal acetylenes is 1. The first-order valence-electron chi connectivity index (χ1n) is 4.66. The average Bonchev–Trinajstić information content (AvgIpc) is 2.35. The molecule has 0 unspecified atom stereocenters. The Bertz CT molecular complexity index is 421. The van der Waals surface area contributed by atoms with E-state index < -0.39 is 5.91 Å². The molecule has 0 fully saturated rings. The van der Waals surface area contributed by atoms with E-state index in [2.05, 4.69) is 5.32 Å². The van der Waals surface area contributed by atoms with Crippen LogP contribution in [-0.4, -0.2) is 20.1 Å². The maximum atomic E-state index is 10.9. The predicted octanol–water partition coefficient (Wildman–Crippen LogP) is 0.953. The summed E-state index contributed by atoms with van der Waals surface area (Å²) in [6.07, 6.45) is 4.93.